The molecule has 1 atom stereocenters. The summed E-state index contributed by atoms with van der Waals surface area (Å²) < 4.78 is 5.34. The van der Waals surface area contributed by atoms with E-state index in [1.807, 2.05) is 0 Å². The van der Waals surface area contributed by atoms with Gasteiger partial charge in [0.2, 0.25) is 5.91 Å². The molecule has 7 nitrogen and oxygen atoms in total. The van der Waals surface area contributed by atoms with Crippen molar-refractivity contribution in [3.63, 3.8) is 0 Å². The van der Waals surface area contributed by atoms with Crippen LogP contribution < -0.4 is 15.4 Å². The van der Waals surface area contributed by atoms with Gasteiger partial charge in [0.15, 0.2) is 6.10 Å². The number of carbonyl (C=O) groups excluding carboxylic acids is 2. The maximum Gasteiger partial charge on any atom is 0.307 e. The van der Waals surface area contributed by atoms with Gasteiger partial charge < -0.3 is 15.6 Å². The fourth-order valence-electron chi connectivity index (χ4n) is 1.90. The van der Waals surface area contributed by atoms with E-state index in [9.17, 15) is 14.4 Å². The Kier molecular flexibility index (Phi) is 3.80. The van der Waals surface area contributed by atoms with Gasteiger partial charge >= 0.3 is 5.97 Å². The first-order valence-electron chi connectivity index (χ1n) is 5.66. The second kappa shape index (κ2) is 5.38. The molecular formula is C12H11ClN2O5. The molecule has 0 aromatic heterocycles. The molecular weight excluding hydrogens is 288 g/mol. The van der Waals surface area contributed by atoms with Crippen molar-refractivity contribution in [1.82, 2.24) is 0 Å². The predicted molar refractivity (Wildman–Crippen MR) is 69.7 cm³/mol. The van der Waals surface area contributed by atoms with E-state index in [2.05, 4.69) is 0 Å². The summed E-state index contributed by atoms with van der Waals surface area (Å²) in [4.78, 5) is 35.1. The highest BCUT2D eigenvalue weighted by Gasteiger charge is 2.36. The number of fused-ring (bicyclic) bond motifs is 1. The molecule has 2 rings (SSSR count). The number of aliphatic carboxylic acids is 1. The monoisotopic (exact) mass is 298 g/mol. The number of hydrogen-bond acceptors (Lipinski definition) is 4. The molecule has 1 unspecified atom stereocenters. The minimum absolute atomic E-state index is 0.279. The molecule has 0 spiro atoms. The van der Waals surface area contributed by atoms with Gasteiger partial charge in [-0.2, -0.15) is 0 Å². The topological polar surface area (TPSA) is 110 Å². The van der Waals surface area contributed by atoms with Crippen LogP contribution in [-0.2, 0) is 14.4 Å². The van der Waals surface area contributed by atoms with Crippen molar-refractivity contribution in [2.24, 2.45) is 5.73 Å². The summed E-state index contributed by atoms with van der Waals surface area (Å²) in [6.45, 7) is -0.369. The van der Waals surface area contributed by atoms with E-state index in [1.165, 1.54) is 18.2 Å². The number of amides is 2. The molecule has 20 heavy (non-hydrogen) atoms. The zero-order chi connectivity index (χ0) is 14.9. The average Bonchev–Trinajstić information content (AvgIpc) is 2.34. The van der Waals surface area contributed by atoms with E-state index in [4.69, 9.17) is 27.2 Å². The fraction of sp³-hybridized carbons (Fsp3) is 0.250. The number of rotatable bonds is 4. The summed E-state index contributed by atoms with van der Waals surface area (Å²) in [6, 6.07) is 4.50. The molecule has 3 N–H and O–H groups in total. The lowest BCUT2D eigenvalue weighted by Crippen LogP contribution is -2.49. The van der Waals surface area contributed by atoms with Crippen molar-refractivity contribution in [3.8, 4) is 5.75 Å². The maximum absolute atomic E-state index is 12.2. The Balaban J connectivity index is 2.41. The second-order valence-electron chi connectivity index (χ2n) is 4.21. The van der Waals surface area contributed by atoms with Crippen molar-refractivity contribution in [2.45, 2.75) is 12.5 Å². The van der Waals surface area contributed by atoms with Crippen LogP contribution in [0, 0.1) is 0 Å². The van der Waals surface area contributed by atoms with Crippen LogP contribution in [0.4, 0.5) is 5.69 Å². The van der Waals surface area contributed by atoms with Gasteiger partial charge in [-0.25, -0.2) is 0 Å². The van der Waals surface area contributed by atoms with Crippen molar-refractivity contribution < 1.29 is 24.2 Å². The zero-order valence-electron chi connectivity index (χ0n) is 10.2. The molecule has 0 aliphatic carbocycles. The highest BCUT2D eigenvalue weighted by atomic mass is 35.5. The van der Waals surface area contributed by atoms with E-state index in [-0.39, 0.29) is 12.3 Å². The summed E-state index contributed by atoms with van der Waals surface area (Å²) in [5, 5.41) is 9.13. The van der Waals surface area contributed by atoms with Crippen LogP contribution in [0.25, 0.3) is 0 Å². The average molecular weight is 299 g/mol. The highest BCUT2D eigenvalue weighted by molar-refractivity contribution is 6.31. The number of ether oxygens (including phenoxy) is 1. The van der Waals surface area contributed by atoms with E-state index >= 15 is 0 Å². The smallest absolute Gasteiger partial charge is 0.307 e. The molecule has 0 bridgehead atoms. The number of halogens is 1. The van der Waals surface area contributed by atoms with Crippen LogP contribution >= 0.6 is 11.6 Å². The zero-order valence-corrected chi connectivity index (χ0v) is 11.0. The van der Waals surface area contributed by atoms with Crippen LogP contribution in [0.15, 0.2) is 18.2 Å². The molecule has 0 saturated heterocycles. The van der Waals surface area contributed by atoms with Gasteiger partial charge in [0.05, 0.1) is 12.1 Å². The van der Waals surface area contributed by atoms with Crippen molar-refractivity contribution >= 4 is 35.1 Å². The first-order chi connectivity index (χ1) is 9.38. The Morgan fingerprint density at radius 2 is 2.15 bits per heavy atom. The van der Waals surface area contributed by atoms with Crippen LogP contribution in [0.2, 0.25) is 5.02 Å². The van der Waals surface area contributed by atoms with Crippen LogP contribution in [0.1, 0.15) is 6.42 Å². The Hall–Kier alpha value is -2.28. The predicted octanol–water partition coefficient (Wildman–Crippen LogP) is 0.394. The summed E-state index contributed by atoms with van der Waals surface area (Å²) >= 11 is 5.84. The van der Waals surface area contributed by atoms with Crippen molar-refractivity contribution in [2.75, 3.05) is 11.4 Å². The molecule has 0 fully saturated rings. The van der Waals surface area contributed by atoms with Crippen LogP contribution in [0.5, 0.6) is 5.75 Å². The Labute approximate surface area is 118 Å². The van der Waals surface area contributed by atoms with E-state index < -0.39 is 30.3 Å². The number of hydrogen-bond donors (Lipinski definition) is 2. The van der Waals surface area contributed by atoms with Crippen molar-refractivity contribution in [3.05, 3.63) is 23.2 Å². The van der Waals surface area contributed by atoms with Gasteiger partial charge in [0.25, 0.3) is 5.91 Å². The molecule has 1 heterocycles. The van der Waals surface area contributed by atoms with Gasteiger partial charge in [-0.3, -0.25) is 19.3 Å². The number of anilines is 1. The SMILES string of the molecule is NC(=O)CN1C(=O)C(CC(=O)O)Oc2ccc(Cl)cc21. The van der Waals surface area contributed by atoms with Crippen LogP contribution in [0.3, 0.4) is 0 Å². The normalized spacial score (nSPS) is 17.4. The molecule has 1 aliphatic heterocycles. The number of primary amides is 1. The lowest BCUT2D eigenvalue weighted by Gasteiger charge is -2.33. The van der Waals surface area contributed by atoms with Crippen LogP contribution in [-0.4, -0.2) is 35.5 Å². The second-order valence-corrected chi connectivity index (χ2v) is 4.64. The highest BCUT2D eigenvalue weighted by Crippen LogP contribution is 2.36. The summed E-state index contributed by atoms with van der Waals surface area (Å²) in [5.41, 5.74) is 5.40. The van der Waals surface area contributed by atoms with Gasteiger partial charge in [-0.05, 0) is 18.2 Å². The summed E-state index contributed by atoms with van der Waals surface area (Å²) in [5.74, 6) is -2.26. The van der Waals surface area contributed by atoms with E-state index in [0.717, 1.165) is 4.90 Å². The summed E-state index contributed by atoms with van der Waals surface area (Å²) in [6.07, 6.45) is -1.70. The van der Waals surface area contributed by atoms with Gasteiger partial charge in [0.1, 0.15) is 12.3 Å². The minimum atomic E-state index is -1.19. The van der Waals surface area contributed by atoms with E-state index in [0.29, 0.717) is 10.7 Å². The van der Waals surface area contributed by atoms with E-state index in [1.54, 1.807) is 0 Å². The molecule has 106 valence electrons. The standard InChI is InChI=1S/C12H11ClN2O5/c13-6-1-2-8-7(3-6)15(5-10(14)16)12(19)9(20-8)4-11(17)18/h1-3,9H,4-5H2,(H2,14,16)(H,17,18). The number of carboxylic acids is 1. The molecule has 2 amide bonds. The Morgan fingerprint density at radius 3 is 2.75 bits per heavy atom. The third kappa shape index (κ3) is 2.83. The van der Waals surface area contributed by atoms with Gasteiger partial charge in [-0.1, -0.05) is 11.6 Å². The number of benzene rings is 1. The molecule has 8 heteroatoms. The molecule has 0 radical (unpaired) electrons. The number of nitrogens with zero attached hydrogens (tertiary/aromatic N) is 1. The number of carboxylic acid groups (broad SMARTS) is 1. The molecule has 1 aromatic carbocycles. The summed E-state index contributed by atoms with van der Waals surface area (Å²) in [7, 11) is 0. The lowest BCUT2D eigenvalue weighted by molar-refractivity contribution is -0.142. The number of carbonyl (C=O) groups is 3. The fourth-order valence-corrected chi connectivity index (χ4v) is 2.07. The maximum atomic E-state index is 12.2. The minimum Gasteiger partial charge on any atom is -0.481 e. The molecule has 1 aromatic rings. The van der Waals surface area contributed by atoms with Gasteiger partial charge in [-0.15, -0.1) is 0 Å². The lowest BCUT2D eigenvalue weighted by atomic mass is 10.1. The van der Waals surface area contributed by atoms with Gasteiger partial charge in [0, 0.05) is 5.02 Å². The molecule has 0 saturated carbocycles. The van der Waals surface area contributed by atoms with Crippen molar-refractivity contribution in [1.29, 1.82) is 0 Å². The third-order valence-electron chi connectivity index (χ3n) is 2.70. The molecule has 1 aliphatic rings. The first-order valence-corrected chi connectivity index (χ1v) is 6.04. The first kappa shape index (κ1) is 14.1. The third-order valence-corrected chi connectivity index (χ3v) is 2.93. The largest absolute Gasteiger partial charge is 0.481 e. The number of nitrogens with two attached hydrogens (primary N) is 1. The Bertz CT molecular complexity index is 589. The Morgan fingerprint density at radius 1 is 1.45 bits per heavy atom. The quantitative estimate of drug-likeness (QED) is 0.835.